The number of aliphatic imine (C=N–C) groups is 1. The molecule has 4 nitrogen and oxygen atoms in total. The van der Waals surface area contributed by atoms with Gasteiger partial charge in [-0.2, -0.15) is 4.99 Å². The number of isocyanates is 1. The summed E-state index contributed by atoms with van der Waals surface area (Å²) in [5.41, 5.74) is -0.250. The van der Waals surface area contributed by atoms with Gasteiger partial charge in [0.05, 0.1) is 5.02 Å². The lowest BCUT2D eigenvalue weighted by Gasteiger charge is -2.16. The lowest BCUT2D eigenvalue weighted by molar-refractivity contribution is -0.0429. The van der Waals surface area contributed by atoms with Crippen molar-refractivity contribution in [3.05, 3.63) is 16.9 Å². The van der Waals surface area contributed by atoms with Gasteiger partial charge in [-0.25, -0.2) is 9.18 Å². The maximum atomic E-state index is 13.5. The van der Waals surface area contributed by atoms with E-state index in [4.69, 9.17) is 21.1 Å². The van der Waals surface area contributed by atoms with Crippen molar-refractivity contribution in [2.75, 3.05) is 0 Å². The molecule has 0 N–H and O–H groups in total. The van der Waals surface area contributed by atoms with Crippen molar-refractivity contribution < 1.29 is 18.7 Å². The summed E-state index contributed by atoms with van der Waals surface area (Å²) in [6.45, 7) is 3.27. The van der Waals surface area contributed by atoms with E-state index < -0.39 is 11.6 Å². The molecule has 0 atom stereocenters. The molecular weight excluding hydrogens is 237 g/mol. The summed E-state index contributed by atoms with van der Waals surface area (Å²) in [7, 11) is 0. The molecule has 1 aliphatic rings. The van der Waals surface area contributed by atoms with E-state index in [9.17, 15) is 9.18 Å². The van der Waals surface area contributed by atoms with Crippen LogP contribution >= 0.6 is 11.6 Å². The quantitative estimate of drug-likeness (QED) is 0.563. The van der Waals surface area contributed by atoms with Gasteiger partial charge in [0.15, 0.2) is 23.0 Å². The fourth-order valence-corrected chi connectivity index (χ4v) is 1.64. The third kappa shape index (κ3) is 1.64. The Balaban J connectivity index is 2.68. The maximum Gasteiger partial charge on any atom is 0.246 e. The summed E-state index contributed by atoms with van der Waals surface area (Å²) in [4.78, 5) is 13.4. The Morgan fingerprint density at radius 2 is 2.06 bits per heavy atom. The standard InChI is InChI=1S/C10H7ClFNO3/c1-10(2)15-8-5(11)3-6(12)7(13-4-14)9(8)16-10/h3H,1-2H3. The minimum atomic E-state index is -0.965. The number of hydrogen-bond acceptors (Lipinski definition) is 4. The summed E-state index contributed by atoms with van der Waals surface area (Å²) < 4.78 is 24.1. The highest BCUT2D eigenvalue weighted by Gasteiger charge is 2.37. The number of fused-ring (bicyclic) bond motifs is 1. The van der Waals surface area contributed by atoms with Gasteiger partial charge in [0, 0.05) is 13.8 Å². The first-order chi connectivity index (χ1) is 7.44. The molecule has 0 unspecified atom stereocenters. The first kappa shape index (κ1) is 10.9. The van der Waals surface area contributed by atoms with Crippen LogP contribution in [0.25, 0.3) is 0 Å². The third-order valence-electron chi connectivity index (χ3n) is 1.97. The zero-order valence-electron chi connectivity index (χ0n) is 8.51. The zero-order chi connectivity index (χ0) is 11.9. The number of hydrogen-bond donors (Lipinski definition) is 0. The van der Waals surface area contributed by atoms with Gasteiger partial charge in [-0.1, -0.05) is 11.6 Å². The van der Waals surface area contributed by atoms with Gasteiger partial charge in [0.25, 0.3) is 0 Å². The van der Waals surface area contributed by atoms with E-state index in [1.165, 1.54) is 6.08 Å². The molecular formula is C10H7ClFNO3. The van der Waals surface area contributed by atoms with Crippen molar-refractivity contribution in [1.29, 1.82) is 0 Å². The van der Waals surface area contributed by atoms with Crippen molar-refractivity contribution in [3.8, 4) is 11.5 Å². The van der Waals surface area contributed by atoms with Crippen LogP contribution in [-0.4, -0.2) is 11.9 Å². The fraction of sp³-hybridized carbons (Fsp3) is 0.300. The highest BCUT2D eigenvalue weighted by atomic mass is 35.5. The Kier molecular flexibility index (Phi) is 2.37. The average molecular weight is 244 g/mol. The molecule has 0 amide bonds. The first-order valence-electron chi connectivity index (χ1n) is 4.42. The van der Waals surface area contributed by atoms with Crippen LogP contribution in [0.1, 0.15) is 13.8 Å². The molecule has 0 saturated heterocycles. The molecule has 2 rings (SSSR count). The second-order valence-corrected chi connectivity index (χ2v) is 4.06. The molecule has 84 valence electrons. The second-order valence-electron chi connectivity index (χ2n) is 3.65. The SMILES string of the molecule is CC1(C)Oc2c(Cl)cc(F)c(N=C=O)c2O1. The molecule has 0 aromatic heterocycles. The Morgan fingerprint density at radius 1 is 1.44 bits per heavy atom. The Labute approximate surface area is 95.6 Å². The summed E-state index contributed by atoms with van der Waals surface area (Å²) in [6.07, 6.45) is 1.26. The molecule has 0 fully saturated rings. The molecule has 6 heteroatoms. The minimum absolute atomic E-state index is 0.0263. The van der Waals surface area contributed by atoms with Crippen LogP contribution in [0, 0.1) is 5.82 Å². The summed E-state index contributed by atoms with van der Waals surface area (Å²) in [5.74, 6) is -1.51. The molecule has 1 aliphatic heterocycles. The molecule has 0 bridgehead atoms. The van der Waals surface area contributed by atoms with Crippen LogP contribution in [0.2, 0.25) is 5.02 Å². The van der Waals surface area contributed by atoms with Gasteiger partial charge in [-0.15, -0.1) is 0 Å². The van der Waals surface area contributed by atoms with E-state index in [0.29, 0.717) is 0 Å². The Hall–Kier alpha value is -1.58. The largest absolute Gasteiger partial charge is 0.447 e. The number of rotatable bonds is 1. The van der Waals surface area contributed by atoms with Gasteiger partial charge in [0.2, 0.25) is 11.9 Å². The van der Waals surface area contributed by atoms with Crippen LogP contribution in [0.4, 0.5) is 10.1 Å². The molecule has 1 heterocycles. The predicted octanol–water partition coefficient (Wildman–Crippen LogP) is 2.95. The van der Waals surface area contributed by atoms with E-state index in [1.54, 1.807) is 13.8 Å². The van der Waals surface area contributed by atoms with Crippen LogP contribution in [0.3, 0.4) is 0 Å². The lowest BCUT2D eigenvalue weighted by atomic mass is 10.2. The van der Waals surface area contributed by atoms with E-state index in [0.717, 1.165) is 6.07 Å². The molecule has 0 saturated carbocycles. The number of ether oxygens (including phenoxy) is 2. The van der Waals surface area contributed by atoms with Crippen molar-refractivity contribution in [1.82, 2.24) is 0 Å². The number of nitrogens with zero attached hydrogens (tertiary/aromatic N) is 1. The van der Waals surface area contributed by atoms with Gasteiger partial charge in [-0.05, 0) is 6.07 Å². The molecule has 0 aliphatic carbocycles. The topological polar surface area (TPSA) is 47.9 Å². The highest BCUT2D eigenvalue weighted by Crippen LogP contribution is 2.50. The van der Waals surface area contributed by atoms with Gasteiger partial charge >= 0.3 is 0 Å². The number of carbonyl (C=O) groups excluding carboxylic acids is 1. The van der Waals surface area contributed by atoms with Crippen LogP contribution in [0.15, 0.2) is 11.1 Å². The van der Waals surface area contributed by atoms with E-state index in [2.05, 4.69) is 4.99 Å². The number of benzene rings is 1. The fourth-order valence-electron chi connectivity index (χ4n) is 1.42. The third-order valence-corrected chi connectivity index (χ3v) is 2.25. The summed E-state index contributed by atoms with van der Waals surface area (Å²) in [6, 6.07) is 1.02. The smallest absolute Gasteiger partial charge is 0.246 e. The second kappa shape index (κ2) is 3.47. The summed E-state index contributed by atoms with van der Waals surface area (Å²) >= 11 is 5.79. The Morgan fingerprint density at radius 3 is 2.69 bits per heavy atom. The van der Waals surface area contributed by atoms with Gasteiger partial charge in [0.1, 0.15) is 0 Å². The van der Waals surface area contributed by atoms with Gasteiger partial charge < -0.3 is 9.47 Å². The van der Waals surface area contributed by atoms with Crippen molar-refractivity contribution in [3.63, 3.8) is 0 Å². The molecule has 1 aromatic carbocycles. The first-order valence-corrected chi connectivity index (χ1v) is 4.80. The van der Waals surface area contributed by atoms with Crippen LogP contribution in [0.5, 0.6) is 11.5 Å². The highest BCUT2D eigenvalue weighted by molar-refractivity contribution is 6.32. The van der Waals surface area contributed by atoms with Crippen molar-refractivity contribution >= 4 is 23.4 Å². The average Bonchev–Trinajstić information content (AvgIpc) is 2.49. The number of halogens is 2. The van der Waals surface area contributed by atoms with E-state index in [1.807, 2.05) is 0 Å². The monoisotopic (exact) mass is 243 g/mol. The predicted molar refractivity (Wildman–Crippen MR) is 54.5 cm³/mol. The molecule has 16 heavy (non-hydrogen) atoms. The normalized spacial score (nSPS) is 15.8. The summed E-state index contributed by atoms with van der Waals surface area (Å²) in [5, 5.41) is 0.0722. The van der Waals surface area contributed by atoms with Crippen molar-refractivity contribution in [2.45, 2.75) is 19.6 Å². The lowest BCUT2D eigenvalue weighted by Crippen LogP contribution is -2.29. The van der Waals surface area contributed by atoms with E-state index in [-0.39, 0.29) is 22.2 Å². The van der Waals surface area contributed by atoms with Gasteiger partial charge in [-0.3, -0.25) is 0 Å². The maximum absolute atomic E-state index is 13.5. The minimum Gasteiger partial charge on any atom is -0.447 e. The van der Waals surface area contributed by atoms with E-state index >= 15 is 0 Å². The molecule has 0 spiro atoms. The van der Waals surface area contributed by atoms with Crippen molar-refractivity contribution in [2.24, 2.45) is 4.99 Å². The van der Waals surface area contributed by atoms with Crippen LogP contribution in [-0.2, 0) is 4.79 Å². The molecule has 1 aromatic rings. The Bertz CT molecular complexity index is 509. The van der Waals surface area contributed by atoms with Crippen LogP contribution < -0.4 is 9.47 Å². The zero-order valence-corrected chi connectivity index (χ0v) is 9.26. The molecule has 0 radical (unpaired) electrons.